The van der Waals surface area contributed by atoms with Crippen LogP contribution in [0.1, 0.15) is 41.5 Å². The molecule has 0 nitrogen and oxygen atoms in total. The molecule has 0 saturated heterocycles. The minimum Gasteiger partial charge on any atom is -0.134 e. The lowest BCUT2D eigenvalue weighted by molar-refractivity contribution is 1.10. The van der Waals surface area contributed by atoms with E-state index < -0.39 is 0 Å². The highest BCUT2D eigenvalue weighted by Gasteiger charge is 2.15. The molecule has 0 radical (unpaired) electrons. The normalized spacial score (nSPS) is 12.5. The molecule has 0 aliphatic heterocycles. The van der Waals surface area contributed by atoms with E-state index >= 15 is 0 Å². The van der Waals surface area contributed by atoms with Crippen LogP contribution in [-0.4, -0.2) is 19.7 Å². The largest absolute Gasteiger partial charge is 0.134 e. The maximum atomic E-state index is 2.28. The fraction of sp³-hybridized carbons (Fsp3) is 1.00. The fourth-order valence-electron chi connectivity index (χ4n) is 0.763. The van der Waals surface area contributed by atoms with Gasteiger partial charge in [0, 0.05) is 15.7 Å². The second-order valence-corrected chi connectivity index (χ2v) is 9.80. The number of hydrogen-bond acceptors (Lipinski definition) is 3. The number of hydrogen-bond donors (Lipinski definition) is 0. The van der Waals surface area contributed by atoms with Gasteiger partial charge >= 0.3 is 0 Å². The molecule has 0 saturated carbocycles. The molecule has 80 valence electrons. The third kappa shape index (κ3) is 9.36. The van der Waals surface area contributed by atoms with Gasteiger partial charge in [-0.15, -0.1) is 35.3 Å². The summed E-state index contributed by atoms with van der Waals surface area (Å²) >= 11 is 6.25. The summed E-state index contributed by atoms with van der Waals surface area (Å²) in [6.45, 7) is 13.7. The van der Waals surface area contributed by atoms with Gasteiger partial charge in [0.15, 0.2) is 0 Å². The average Bonchev–Trinajstić information content (AvgIpc) is 1.80. The zero-order valence-electron chi connectivity index (χ0n) is 9.53. The van der Waals surface area contributed by atoms with E-state index in [4.69, 9.17) is 0 Å². The molecule has 0 bridgehead atoms. The Morgan fingerprint density at radius 2 is 0.769 bits per heavy atom. The average molecular weight is 238 g/mol. The highest BCUT2D eigenvalue weighted by atomic mass is 32.3. The lowest BCUT2D eigenvalue weighted by Gasteiger charge is -2.21. The van der Waals surface area contributed by atoms with Crippen molar-refractivity contribution in [2.24, 2.45) is 0 Å². The Kier molecular flexibility index (Phi) is 7.95. The third-order valence-electron chi connectivity index (χ3n) is 1.15. The van der Waals surface area contributed by atoms with Crippen molar-refractivity contribution >= 4 is 35.3 Å². The Morgan fingerprint density at radius 3 is 0.923 bits per heavy atom. The Hall–Kier alpha value is 1.05. The predicted molar refractivity (Wildman–Crippen MR) is 72.0 cm³/mol. The Morgan fingerprint density at radius 1 is 0.538 bits per heavy atom. The van der Waals surface area contributed by atoms with E-state index in [-0.39, 0.29) is 0 Å². The predicted octanol–water partition coefficient (Wildman–Crippen LogP) is 4.69. The molecule has 3 heteroatoms. The summed E-state index contributed by atoms with van der Waals surface area (Å²) in [4.78, 5) is 0. The summed E-state index contributed by atoms with van der Waals surface area (Å²) in [7, 11) is 0. The summed E-state index contributed by atoms with van der Waals surface area (Å²) in [5, 5.41) is 2.22. The van der Waals surface area contributed by atoms with Crippen LogP contribution in [0.4, 0.5) is 0 Å². The maximum Gasteiger partial charge on any atom is 0.0963 e. The monoisotopic (exact) mass is 238 g/mol. The number of rotatable bonds is 6. The minimum absolute atomic E-state index is 0.708. The zero-order valence-corrected chi connectivity index (χ0v) is 12.0. The number of thioether (sulfide) groups is 3. The third-order valence-corrected chi connectivity index (χ3v) is 5.45. The van der Waals surface area contributed by atoms with Gasteiger partial charge in [-0.1, -0.05) is 41.5 Å². The van der Waals surface area contributed by atoms with Crippen LogP contribution in [0.25, 0.3) is 0 Å². The summed E-state index contributed by atoms with van der Waals surface area (Å²) in [6.07, 6.45) is 0. The zero-order chi connectivity index (χ0) is 10.4. The first-order valence-electron chi connectivity index (χ1n) is 4.88. The summed E-state index contributed by atoms with van der Waals surface area (Å²) in [5.41, 5.74) is 0. The van der Waals surface area contributed by atoms with E-state index in [0.29, 0.717) is 3.91 Å². The Balaban J connectivity index is 3.87. The summed E-state index contributed by atoms with van der Waals surface area (Å²) in [5.74, 6) is 0. The van der Waals surface area contributed by atoms with E-state index in [9.17, 15) is 0 Å². The molecule has 0 spiro atoms. The van der Waals surface area contributed by atoms with Crippen LogP contribution in [0.15, 0.2) is 0 Å². The molecule has 0 aromatic carbocycles. The lowest BCUT2D eigenvalue weighted by Crippen LogP contribution is -2.05. The van der Waals surface area contributed by atoms with Crippen LogP contribution >= 0.6 is 35.3 Å². The molecule has 0 atom stereocenters. The second kappa shape index (κ2) is 7.36. The van der Waals surface area contributed by atoms with Crippen molar-refractivity contribution in [2.75, 3.05) is 0 Å². The van der Waals surface area contributed by atoms with Gasteiger partial charge in [0.05, 0.1) is 3.91 Å². The van der Waals surface area contributed by atoms with Crippen LogP contribution in [0.5, 0.6) is 0 Å². The molecular formula is C10H22S3. The molecule has 0 aromatic heterocycles. The van der Waals surface area contributed by atoms with Gasteiger partial charge in [-0.05, 0) is 0 Å². The first-order valence-corrected chi connectivity index (χ1v) is 7.71. The van der Waals surface area contributed by atoms with Crippen molar-refractivity contribution in [1.82, 2.24) is 0 Å². The van der Waals surface area contributed by atoms with Crippen molar-refractivity contribution in [3.05, 3.63) is 0 Å². The van der Waals surface area contributed by atoms with E-state index in [0.717, 1.165) is 15.7 Å². The first kappa shape index (κ1) is 14.1. The molecule has 0 rings (SSSR count). The van der Waals surface area contributed by atoms with Gasteiger partial charge in [0.25, 0.3) is 0 Å². The Bertz CT molecular complexity index is 97.6. The lowest BCUT2D eigenvalue weighted by atomic mass is 10.6. The molecule has 0 unspecified atom stereocenters. The molecule has 0 heterocycles. The molecule has 0 amide bonds. The van der Waals surface area contributed by atoms with E-state index in [2.05, 4.69) is 76.8 Å². The van der Waals surface area contributed by atoms with Gasteiger partial charge in [-0.25, -0.2) is 0 Å². The molecule has 0 N–H and O–H groups in total. The summed E-state index contributed by atoms with van der Waals surface area (Å²) < 4.78 is 0.708. The van der Waals surface area contributed by atoms with Crippen LogP contribution in [-0.2, 0) is 0 Å². The van der Waals surface area contributed by atoms with Gasteiger partial charge in [-0.2, -0.15) is 0 Å². The van der Waals surface area contributed by atoms with Gasteiger partial charge in [-0.3, -0.25) is 0 Å². The van der Waals surface area contributed by atoms with Crippen LogP contribution in [0.2, 0.25) is 0 Å². The highest BCUT2D eigenvalue weighted by Crippen LogP contribution is 2.40. The van der Waals surface area contributed by atoms with E-state index in [1.54, 1.807) is 0 Å². The van der Waals surface area contributed by atoms with Crippen molar-refractivity contribution in [3.8, 4) is 0 Å². The first-order chi connectivity index (χ1) is 5.91. The minimum atomic E-state index is 0.708. The van der Waals surface area contributed by atoms with Crippen molar-refractivity contribution < 1.29 is 0 Å². The molecular weight excluding hydrogens is 216 g/mol. The van der Waals surface area contributed by atoms with Crippen LogP contribution in [0.3, 0.4) is 0 Å². The maximum absolute atomic E-state index is 2.28. The van der Waals surface area contributed by atoms with Gasteiger partial charge in [0.2, 0.25) is 0 Å². The second-order valence-electron chi connectivity index (χ2n) is 3.84. The van der Waals surface area contributed by atoms with Crippen LogP contribution in [0, 0.1) is 0 Å². The van der Waals surface area contributed by atoms with E-state index in [1.807, 2.05) is 0 Å². The van der Waals surface area contributed by atoms with Gasteiger partial charge in [0.1, 0.15) is 0 Å². The SMILES string of the molecule is CC(C)SC(SC(C)C)SC(C)C. The highest BCUT2D eigenvalue weighted by molar-refractivity contribution is 8.32. The molecule has 0 fully saturated rings. The topological polar surface area (TPSA) is 0 Å². The fourth-order valence-corrected chi connectivity index (χ4v) is 6.87. The Labute approximate surface area is 96.4 Å². The van der Waals surface area contributed by atoms with Crippen LogP contribution < -0.4 is 0 Å². The quantitative estimate of drug-likeness (QED) is 0.616. The molecule has 0 aliphatic rings. The van der Waals surface area contributed by atoms with Gasteiger partial charge < -0.3 is 0 Å². The smallest absolute Gasteiger partial charge is 0.0963 e. The molecule has 0 aromatic rings. The van der Waals surface area contributed by atoms with E-state index in [1.165, 1.54) is 0 Å². The van der Waals surface area contributed by atoms with Crippen molar-refractivity contribution in [1.29, 1.82) is 0 Å². The standard InChI is InChI=1S/C10H22S3/c1-7(2)11-10(12-8(3)4)13-9(5)6/h7-10H,1-6H3. The summed E-state index contributed by atoms with van der Waals surface area (Å²) in [6, 6.07) is 0. The van der Waals surface area contributed by atoms with Crippen molar-refractivity contribution in [2.45, 2.75) is 61.2 Å². The molecule has 13 heavy (non-hydrogen) atoms. The molecule has 0 aliphatic carbocycles. The van der Waals surface area contributed by atoms with Crippen molar-refractivity contribution in [3.63, 3.8) is 0 Å².